The molecular weight excluding hydrogens is 242 g/mol. The Balaban J connectivity index is 1.78. The van der Waals surface area contributed by atoms with Crippen LogP contribution in [0.5, 0.6) is 0 Å². The van der Waals surface area contributed by atoms with E-state index in [0.29, 0.717) is 12.6 Å². The van der Waals surface area contributed by atoms with Gasteiger partial charge in [0, 0.05) is 24.8 Å². The van der Waals surface area contributed by atoms with Crippen molar-refractivity contribution in [3.05, 3.63) is 34.7 Å². The highest BCUT2D eigenvalue weighted by Gasteiger charge is 2.18. The summed E-state index contributed by atoms with van der Waals surface area (Å²) in [5, 5.41) is 2.89. The standard InChI is InChI=1S/C14H21N3O2/c1-12(16-7-4-5-8-16)10-15-13(18)11-17-9-3-2-6-14(17)19/h2-3,6,9,12H,4-5,7-8,10-11H2,1H3,(H,15,18)/t12-/m1/s1. The van der Waals surface area contributed by atoms with Crippen LogP contribution in [0.1, 0.15) is 19.8 Å². The van der Waals surface area contributed by atoms with Crippen LogP contribution in [0.4, 0.5) is 0 Å². The van der Waals surface area contributed by atoms with Crippen LogP contribution >= 0.6 is 0 Å². The van der Waals surface area contributed by atoms with Crippen LogP contribution in [0.25, 0.3) is 0 Å². The van der Waals surface area contributed by atoms with Crippen molar-refractivity contribution in [2.75, 3.05) is 19.6 Å². The SMILES string of the molecule is C[C@H](CNC(=O)Cn1ccccc1=O)N1CCCC1. The van der Waals surface area contributed by atoms with E-state index in [4.69, 9.17) is 0 Å². The molecule has 0 saturated carbocycles. The lowest BCUT2D eigenvalue weighted by Crippen LogP contribution is -2.42. The highest BCUT2D eigenvalue weighted by molar-refractivity contribution is 5.75. The maximum Gasteiger partial charge on any atom is 0.250 e. The Morgan fingerprint density at radius 2 is 2.11 bits per heavy atom. The minimum atomic E-state index is -0.148. The molecule has 1 fully saturated rings. The molecule has 1 saturated heterocycles. The number of amides is 1. The van der Waals surface area contributed by atoms with Gasteiger partial charge in [-0.2, -0.15) is 0 Å². The molecule has 1 N–H and O–H groups in total. The fourth-order valence-corrected chi connectivity index (χ4v) is 2.37. The Morgan fingerprint density at radius 1 is 1.37 bits per heavy atom. The molecule has 5 nitrogen and oxygen atoms in total. The third-order valence-electron chi connectivity index (χ3n) is 3.57. The predicted octanol–water partition coefficient (Wildman–Crippen LogP) is 0.449. The topological polar surface area (TPSA) is 54.3 Å². The van der Waals surface area contributed by atoms with Crippen molar-refractivity contribution >= 4 is 5.91 Å². The zero-order chi connectivity index (χ0) is 13.7. The molecule has 1 aliphatic rings. The van der Waals surface area contributed by atoms with E-state index >= 15 is 0 Å². The summed E-state index contributed by atoms with van der Waals surface area (Å²) in [5.74, 6) is -0.112. The average molecular weight is 263 g/mol. The van der Waals surface area contributed by atoms with Gasteiger partial charge in [0.2, 0.25) is 5.91 Å². The highest BCUT2D eigenvalue weighted by atomic mass is 16.2. The Morgan fingerprint density at radius 3 is 2.79 bits per heavy atom. The molecule has 0 unspecified atom stereocenters. The van der Waals surface area contributed by atoms with Crippen LogP contribution in [0.2, 0.25) is 0 Å². The minimum absolute atomic E-state index is 0.0897. The smallest absolute Gasteiger partial charge is 0.250 e. The van der Waals surface area contributed by atoms with E-state index in [0.717, 1.165) is 13.1 Å². The van der Waals surface area contributed by atoms with Crippen molar-refractivity contribution in [2.45, 2.75) is 32.4 Å². The summed E-state index contributed by atoms with van der Waals surface area (Å²) in [4.78, 5) is 25.7. The van der Waals surface area contributed by atoms with Gasteiger partial charge in [-0.3, -0.25) is 14.5 Å². The fraction of sp³-hybridized carbons (Fsp3) is 0.571. The fourth-order valence-electron chi connectivity index (χ4n) is 2.37. The number of aromatic nitrogens is 1. The molecule has 1 aromatic heterocycles. The van der Waals surface area contributed by atoms with E-state index in [1.165, 1.54) is 23.5 Å². The molecule has 0 spiro atoms. The molecule has 0 aliphatic carbocycles. The molecule has 0 bridgehead atoms. The monoisotopic (exact) mass is 263 g/mol. The zero-order valence-corrected chi connectivity index (χ0v) is 11.3. The van der Waals surface area contributed by atoms with Crippen molar-refractivity contribution in [1.82, 2.24) is 14.8 Å². The normalized spacial score (nSPS) is 17.3. The van der Waals surface area contributed by atoms with Gasteiger partial charge in [0.1, 0.15) is 6.54 Å². The number of nitrogens with one attached hydrogen (secondary N) is 1. The van der Waals surface area contributed by atoms with Gasteiger partial charge in [-0.1, -0.05) is 6.07 Å². The van der Waals surface area contributed by atoms with Crippen molar-refractivity contribution in [2.24, 2.45) is 0 Å². The van der Waals surface area contributed by atoms with Gasteiger partial charge in [0.15, 0.2) is 0 Å². The van der Waals surface area contributed by atoms with Crippen LogP contribution in [0.15, 0.2) is 29.2 Å². The van der Waals surface area contributed by atoms with E-state index in [9.17, 15) is 9.59 Å². The molecule has 19 heavy (non-hydrogen) atoms. The second kappa shape index (κ2) is 6.52. The quantitative estimate of drug-likeness (QED) is 0.839. The van der Waals surface area contributed by atoms with Crippen molar-refractivity contribution in [3.63, 3.8) is 0 Å². The molecule has 1 amide bonds. The highest BCUT2D eigenvalue weighted by Crippen LogP contribution is 2.10. The predicted molar refractivity (Wildman–Crippen MR) is 74.0 cm³/mol. The average Bonchev–Trinajstić information content (AvgIpc) is 2.93. The number of carbonyl (C=O) groups is 1. The summed E-state index contributed by atoms with van der Waals surface area (Å²) in [6.45, 7) is 5.09. The molecule has 5 heteroatoms. The molecule has 1 aliphatic heterocycles. The van der Waals surface area contributed by atoms with Crippen molar-refractivity contribution in [1.29, 1.82) is 0 Å². The summed E-state index contributed by atoms with van der Waals surface area (Å²) in [6, 6.07) is 5.24. The number of hydrogen-bond donors (Lipinski definition) is 1. The van der Waals surface area contributed by atoms with E-state index < -0.39 is 0 Å². The number of nitrogens with zero attached hydrogens (tertiary/aromatic N) is 2. The van der Waals surface area contributed by atoms with Crippen molar-refractivity contribution in [3.8, 4) is 0 Å². The van der Waals surface area contributed by atoms with Gasteiger partial charge in [-0.25, -0.2) is 0 Å². The molecular formula is C14H21N3O2. The molecule has 2 rings (SSSR count). The summed E-state index contributed by atoms with van der Waals surface area (Å²) in [6.07, 6.45) is 4.13. The van der Waals surface area contributed by atoms with E-state index in [2.05, 4.69) is 17.1 Å². The Hall–Kier alpha value is -1.62. The number of likely N-dealkylation sites (tertiary alicyclic amines) is 1. The summed E-state index contributed by atoms with van der Waals surface area (Å²) < 4.78 is 1.41. The first-order chi connectivity index (χ1) is 9.16. The molecule has 104 valence electrons. The first-order valence-corrected chi connectivity index (χ1v) is 6.83. The molecule has 2 heterocycles. The molecule has 1 aromatic rings. The van der Waals surface area contributed by atoms with E-state index in [1.54, 1.807) is 18.3 Å². The van der Waals surface area contributed by atoms with E-state index in [1.807, 2.05) is 0 Å². The molecule has 0 aromatic carbocycles. The van der Waals surface area contributed by atoms with Crippen LogP contribution in [-0.2, 0) is 11.3 Å². The van der Waals surface area contributed by atoms with Crippen LogP contribution < -0.4 is 10.9 Å². The van der Waals surface area contributed by atoms with Crippen LogP contribution in [0.3, 0.4) is 0 Å². The first-order valence-electron chi connectivity index (χ1n) is 6.83. The minimum Gasteiger partial charge on any atom is -0.353 e. The van der Waals surface area contributed by atoms with Gasteiger partial charge in [-0.05, 0) is 38.9 Å². The zero-order valence-electron chi connectivity index (χ0n) is 11.3. The van der Waals surface area contributed by atoms with Gasteiger partial charge in [0.05, 0.1) is 0 Å². The lowest BCUT2D eigenvalue weighted by Gasteiger charge is -2.23. The third-order valence-corrected chi connectivity index (χ3v) is 3.57. The van der Waals surface area contributed by atoms with Gasteiger partial charge >= 0.3 is 0 Å². The maximum absolute atomic E-state index is 11.8. The third kappa shape index (κ3) is 3.92. The largest absolute Gasteiger partial charge is 0.353 e. The van der Waals surface area contributed by atoms with Gasteiger partial charge in [-0.15, -0.1) is 0 Å². The number of pyridine rings is 1. The van der Waals surface area contributed by atoms with Gasteiger partial charge < -0.3 is 9.88 Å². The second-order valence-electron chi connectivity index (χ2n) is 5.06. The number of hydrogen-bond acceptors (Lipinski definition) is 3. The first kappa shape index (κ1) is 13.8. The summed E-state index contributed by atoms with van der Waals surface area (Å²) >= 11 is 0. The summed E-state index contributed by atoms with van der Waals surface area (Å²) in [7, 11) is 0. The van der Waals surface area contributed by atoms with Crippen LogP contribution in [-0.4, -0.2) is 41.1 Å². The second-order valence-corrected chi connectivity index (χ2v) is 5.06. The van der Waals surface area contributed by atoms with Crippen LogP contribution in [0, 0.1) is 0 Å². The molecule has 0 radical (unpaired) electrons. The summed E-state index contributed by atoms with van der Waals surface area (Å²) in [5.41, 5.74) is -0.148. The number of carbonyl (C=O) groups excluding carboxylic acids is 1. The molecule has 1 atom stereocenters. The number of rotatable bonds is 5. The van der Waals surface area contributed by atoms with Crippen molar-refractivity contribution < 1.29 is 4.79 Å². The van der Waals surface area contributed by atoms with E-state index in [-0.39, 0.29) is 18.0 Å². The van der Waals surface area contributed by atoms with Gasteiger partial charge in [0.25, 0.3) is 5.56 Å². The Bertz CT molecular complexity index is 478. The lowest BCUT2D eigenvalue weighted by atomic mass is 10.3. The lowest BCUT2D eigenvalue weighted by molar-refractivity contribution is -0.121. The Kier molecular flexibility index (Phi) is 4.74. The Labute approximate surface area is 113 Å². The maximum atomic E-state index is 11.8.